The molecule has 0 spiro atoms. The van der Waals surface area contributed by atoms with Crippen LogP contribution in [0.5, 0.6) is 5.75 Å². The van der Waals surface area contributed by atoms with Crippen molar-refractivity contribution in [3.63, 3.8) is 0 Å². The lowest BCUT2D eigenvalue weighted by Gasteiger charge is -2.23. The molecule has 3 aromatic rings. The number of methoxy groups -OCH3 is 1. The first-order valence-corrected chi connectivity index (χ1v) is 11.5. The predicted molar refractivity (Wildman–Crippen MR) is 131 cm³/mol. The molecular weight excluding hydrogens is 446 g/mol. The number of nitrogens with zero attached hydrogens (tertiary/aromatic N) is 1. The SMILES string of the molecule is COCCCN1C(=O)C(=O)C(=C(O)c2ccc(OCc3cccc(C)c3)cc2)C1c1ccc(C)o1. The van der Waals surface area contributed by atoms with E-state index in [9.17, 15) is 14.7 Å². The van der Waals surface area contributed by atoms with Crippen molar-refractivity contribution in [3.05, 3.63) is 94.4 Å². The molecule has 4 rings (SSSR count). The third-order valence-corrected chi connectivity index (χ3v) is 5.93. The second-order valence-corrected chi connectivity index (χ2v) is 8.59. The van der Waals surface area contributed by atoms with Crippen LogP contribution in [0.2, 0.25) is 0 Å². The van der Waals surface area contributed by atoms with Crippen LogP contribution >= 0.6 is 0 Å². The van der Waals surface area contributed by atoms with Gasteiger partial charge in [0.25, 0.3) is 11.7 Å². The summed E-state index contributed by atoms with van der Waals surface area (Å²) in [4.78, 5) is 27.3. The van der Waals surface area contributed by atoms with Gasteiger partial charge < -0.3 is 23.9 Å². The number of amides is 1. The predicted octanol–water partition coefficient (Wildman–Crippen LogP) is 4.93. The molecule has 0 saturated carbocycles. The van der Waals surface area contributed by atoms with E-state index in [2.05, 4.69) is 6.07 Å². The molecule has 35 heavy (non-hydrogen) atoms. The summed E-state index contributed by atoms with van der Waals surface area (Å²) in [6.07, 6.45) is 0.548. The highest BCUT2D eigenvalue weighted by Gasteiger charge is 2.47. The van der Waals surface area contributed by atoms with Gasteiger partial charge in [0.2, 0.25) is 0 Å². The summed E-state index contributed by atoms with van der Waals surface area (Å²) in [5.74, 6) is 0.0538. The molecule has 1 aromatic heterocycles. The van der Waals surface area contributed by atoms with E-state index in [-0.39, 0.29) is 11.3 Å². The van der Waals surface area contributed by atoms with E-state index >= 15 is 0 Å². The van der Waals surface area contributed by atoms with Crippen LogP contribution in [0.3, 0.4) is 0 Å². The van der Waals surface area contributed by atoms with Gasteiger partial charge in [-0.1, -0.05) is 29.8 Å². The lowest BCUT2D eigenvalue weighted by Crippen LogP contribution is -2.31. The minimum atomic E-state index is -0.808. The Morgan fingerprint density at radius 3 is 2.49 bits per heavy atom. The Morgan fingerprint density at radius 1 is 1.06 bits per heavy atom. The summed E-state index contributed by atoms with van der Waals surface area (Å²) in [5, 5.41) is 11.1. The van der Waals surface area contributed by atoms with Crippen LogP contribution in [0.15, 0.2) is 70.7 Å². The molecule has 0 bridgehead atoms. The van der Waals surface area contributed by atoms with E-state index in [0.717, 1.165) is 11.1 Å². The normalized spacial score (nSPS) is 17.2. The van der Waals surface area contributed by atoms with Crippen LogP contribution in [0.4, 0.5) is 0 Å². The maximum Gasteiger partial charge on any atom is 0.295 e. The van der Waals surface area contributed by atoms with Gasteiger partial charge in [-0.3, -0.25) is 9.59 Å². The maximum absolute atomic E-state index is 13.0. The molecule has 7 heteroatoms. The van der Waals surface area contributed by atoms with Crippen molar-refractivity contribution in [1.29, 1.82) is 0 Å². The fourth-order valence-electron chi connectivity index (χ4n) is 4.22. The first-order chi connectivity index (χ1) is 16.9. The number of ether oxygens (including phenoxy) is 2. The van der Waals surface area contributed by atoms with Crippen molar-refractivity contribution < 1.29 is 28.6 Å². The molecule has 1 aliphatic heterocycles. The molecule has 1 amide bonds. The number of furan rings is 1. The highest BCUT2D eigenvalue weighted by molar-refractivity contribution is 6.46. The Hall–Kier alpha value is -3.84. The van der Waals surface area contributed by atoms with E-state index in [4.69, 9.17) is 13.9 Å². The van der Waals surface area contributed by atoms with Gasteiger partial charge in [0.1, 0.15) is 35.7 Å². The van der Waals surface area contributed by atoms with Crippen LogP contribution in [-0.4, -0.2) is 42.0 Å². The molecule has 1 saturated heterocycles. The molecule has 0 radical (unpaired) electrons. The number of rotatable bonds is 9. The van der Waals surface area contributed by atoms with Gasteiger partial charge >= 0.3 is 0 Å². The van der Waals surface area contributed by atoms with Gasteiger partial charge in [-0.25, -0.2) is 0 Å². The number of benzene rings is 2. The molecule has 1 unspecified atom stereocenters. The van der Waals surface area contributed by atoms with E-state index in [1.54, 1.807) is 50.4 Å². The second kappa shape index (κ2) is 10.6. The lowest BCUT2D eigenvalue weighted by molar-refractivity contribution is -0.140. The van der Waals surface area contributed by atoms with Crippen molar-refractivity contribution >= 4 is 17.4 Å². The van der Waals surface area contributed by atoms with Gasteiger partial charge in [0.05, 0.1) is 5.57 Å². The Kier molecular flexibility index (Phi) is 7.36. The summed E-state index contributed by atoms with van der Waals surface area (Å²) >= 11 is 0. The maximum atomic E-state index is 13.0. The molecule has 2 aromatic carbocycles. The molecule has 2 heterocycles. The third kappa shape index (κ3) is 5.30. The fourth-order valence-corrected chi connectivity index (χ4v) is 4.22. The summed E-state index contributed by atoms with van der Waals surface area (Å²) in [6.45, 7) is 4.97. The van der Waals surface area contributed by atoms with E-state index < -0.39 is 17.7 Å². The topological polar surface area (TPSA) is 89.2 Å². The highest BCUT2D eigenvalue weighted by atomic mass is 16.5. The summed E-state index contributed by atoms with van der Waals surface area (Å²) < 4.78 is 16.7. The number of carbonyl (C=O) groups excluding carboxylic acids is 2. The standard InChI is InChI=1S/C28H29NO6/c1-18-6-4-7-20(16-18)17-34-22-11-9-21(10-12-22)26(30)24-25(23-13-8-19(2)35-23)29(14-5-15-33-3)28(32)27(24)31/h4,6-13,16,25,30H,5,14-15,17H2,1-3H3. The molecule has 0 aliphatic carbocycles. The van der Waals surface area contributed by atoms with Crippen molar-refractivity contribution in [2.24, 2.45) is 0 Å². The van der Waals surface area contributed by atoms with Gasteiger partial charge in [-0.05, 0) is 62.2 Å². The Bertz CT molecular complexity index is 1240. The minimum absolute atomic E-state index is 0.00944. The molecule has 7 nitrogen and oxygen atoms in total. The minimum Gasteiger partial charge on any atom is -0.507 e. The zero-order chi connectivity index (χ0) is 24.9. The summed E-state index contributed by atoms with van der Waals surface area (Å²) in [6, 6.07) is 17.5. The molecule has 1 fully saturated rings. The van der Waals surface area contributed by atoms with Gasteiger partial charge in [-0.15, -0.1) is 0 Å². The van der Waals surface area contributed by atoms with Crippen LogP contribution in [-0.2, 0) is 20.9 Å². The number of carbonyl (C=O) groups is 2. The third-order valence-electron chi connectivity index (χ3n) is 5.93. The number of aliphatic hydroxyl groups is 1. The molecule has 1 aliphatic rings. The lowest BCUT2D eigenvalue weighted by atomic mass is 9.99. The van der Waals surface area contributed by atoms with Crippen molar-refractivity contribution in [2.75, 3.05) is 20.3 Å². The number of hydrogen-bond acceptors (Lipinski definition) is 6. The molecule has 1 N–H and O–H groups in total. The molecule has 182 valence electrons. The van der Waals surface area contributed by atoms with E-state index in [1.165, 1.54) is 4.90 Å². The van der Waals surface area contributed by atoms with Crippen LogP contribution in [0.25, 0.3) is 5.76 Å². The number of likely N-dealkylation sites (tertiary alicyclic amines) is 1. The Balaban J connectivity index is 1.61. The van der Waals surface area contributed by atoms with Crippen LogP contribution in [0, 0.1) is 13.8 Å². The fraction of sp³-hybridized carbons (Fsp3) is 0.286. The molecular formula is C28H29NO6. The van der Waals surface area contributed by atoms with Gasteiger partial charge in [0, 0.05) is 25.8 Å². The van der Waals surface area contributed by atoms with E-state index in [0.29, 0.717) is 49.0 Å². The first-order valence-electron chi connectivity index (χ1n) is 11.5. The quantitative estimate of drug-likeness (QED) is 0.204. The second-order valence-electron chi connectivity index (χ2n) is 8.59. The highest BCUT2D eigenvalue weighted by Crippen LogP contribution is 2.40. The monoisotopic (exact) mass is 475 g/mol. The Labute approximate surface area is 204 Å². The average Bonchev–Trinajstić information content (AvgIpc) is 3.39. The smallest absolute Gasteiger partial charge is 0.295 e. The summed E-state index contributed by atoms with van der Waals surface area (Å²) in [5.41, 5.74) is 2.64. The number of Topliss-reactive ketones (excluding diaryl/α,β-unsaturated/α-hetero) is 1. The zero-order valence-corrected chi connectivity index (χ0v) is 20.1. The van der Waals surface area contributed by atoms with E-state index in [1.807, 2.05) is 25.1 Å². The number of hydrogen-bond donors (Lipinski definition) is 1. The van der Waals surface area contributed by atoms with Gasteiger partial charge in [-0.2, -0.15) is 0 Å². The zero-order valence-electron chi connectivity index (χ0n) is 20.1. The van der Waals surface area contributed by atoms with Crippen LogP contribution in [0.1, 0.15) is 40.7 Å². The number of ketones is 1. The Morgan fingerprint density at radius 2 is 1.83 bits per heavy atom. The molecule has 1 atom stereocenters. The van der Waals surface area contributed by atoms with Crippen LogP contribution < -0.4 is 4.74 Å². The van der Waals surface area contributed by atoms with Crippen molar-refractivity contribution in [1.82, 2.24) is 4.90 Å². The van der Waals surface area contributed by atoms with Gasteiger partial charge in [0.15, 0.2) is 0 Å². The van der Waals surface area contributed by atoms with Crippen molar-refractivity contribution in [2.45, 2.75) is 32.9 Å². The summed E-state index contributed by atoms with van der Waals surface area (Å²) in [7, 11) is 1.58. The first kappa shape index (κ1) is 24.3. The van der Waals surface area contributed by atoms with Crippen molar-refractivity contribution in [3.8, 4) is 5.75 Å². The number of aryl methyl sites for hydroxylation is 2. The average molecular weight is 476 g/mol. The number of aliphatic hydroxyl groups excluding tert-OH is 1. The largest absolute Gasteiger partial charge is 0.507 e.